The van der Waals surface area contributed by atoms with Crippen LogP contribution in [-0.4, -0.2) is 33.3 Å². The number of hydrogen-bond donors (Lipinski definition) is 3. The highest BCUT2D eigenvalue weighted by Gasteiger charge is 2.31. The highest BCUT2D eigenvalue weighted by atomic mass is 32.2. The van der Waals surface area contributed by atoms with Gasteiger partial charge in [-0.2, -0.15) is 0 Å². The van der Waals surface area contributed by atoms with Crippen LogP contribution in [0.2, 0.25) is 0 Å². The molecule has 3 rings (SSSR count). The van der Waals surface area contributed by atoms with Crippen molar-refractivity contribution >= 4 is 23.5 Å². The molecule has 1 aliphatic heterocycles. The molecule has 3 N–H and O–H groups in total. The fraction of sp³-hybridized carbons (Fsp3) is 0.278. The summed E-state index contributed by atoms with van der Waals surface area (Å²) in [7, 11) is 0. The standard InChI is InChI=1S/C18H17N3O4S/c1-3-7-26-18-20-16-15(17(24)21-18)11(9-14(23)19-16)10-5-6-12(22)13(8-10)25-4-2/h1,5-6,8,11,22H,4,7,9H2,2H3,(H2,19,20,21,23,24)/t11-/m1/s1. The fourth-order valence-corrected chi connectivity index (χ4v) is 3.37. The van der Waals surface area contributed by atoms with E-state index in [2.05, 4.69) is 21.2 Å². The molecule has 0 spiro atoms. The first-order valence-electron chi connectivity index (χ1n) is 7.99. The van der Waals surface area contributed by atoms with E-state index in [9.17, 15) is 14.7 Å². The maximum Gasteiger partial charge on any atom is 0.257 e. The van der Waals surface area contributed by atoms with Gasteiger partial charge < -0.3 is 20.1 Å². The highest BCUT2D eigenvalue weighted by Crippen LogP contribution is 2.38. The highest BCUT2D eigenvalue weighted by molar-refractivity contribution is 7.99. The molecule has 7 nitrogen and oxygen atoms in total. The Morgan fingerprint density at radius 3 is 3.00 bits per heavy atom. The van der Waals surface area contributed by atoms with Gasteiger partial charge in [0, 0.05) is 12.3 Å². The minimum absolute atomic E-state index is 0.00384. The molecular weight excluding hydrogens is 354 g/mol. The van der Waals surface area contributed by atoms with Gasteiger partial charge in [-0.25, -0.2) is 4.98 Å². The quantitative estimate of drug-likeness (QED) is 0.422. The number of phenols is 1. The maximum absolute atomic E-state index is 12.6. The van der Waals surface area contributed by atoms with Gasteiger partial charge in [-0.15, -0.1) is 6.42 Å². The summed E-state index contributed by atoms with van der Waals surface area (Å²) in [6.07, 6.45) is 5.33. The maximum atomic E-state index is 12.6. The van der Waals surface area contributed by atoms with Crippen LogP contribution in [0.1, 0.15) is 30.4 Å². The summed E-state index contributed by atoms with van der Waals surface area (Å²) in [5, 5.41) is 12.9. The third-order valence-electron chi connectivity index (χ3n) is 3.91. The first-order valence-corrected chi connectivity index (χ1v) is 8.98. The molecule has 1 aliphatic rings. The Bertz CT molecular complexity index is 948. The number of aromatic nitrogens is 2. The average molecular weight is 371 g/mol. The molecule has 2 aromatic rings. The van der Waals surface area contributed by atoms with Crippen molar-refractivity contribution in [3.05, 3.63) is 39.7 Å². The zero-order valence-corrected chi connectivity index (χ0v) is 14.9. The lowest BCUT2D eigenvalue weighted by Crippen LogP contribution is -2.31. The van der Waals surface area contributed by atoms with E-state index in [1.54, 1.807) is 19.1 Å². The molecule has 0 radical (unpaired) electrons. The molecule has 0 aliphatic carbocycles. The summed E-state index contributed by atoms with van der Waals surface area (Å²) < 4.78 is 5.40. The number of amides is 1. The minimum atomic E-state index is -0.485. The van der Waals surface area contributed by atoms with E-state index >= 15 is 0 Å². The van der Waals surface area contributed by atoms with Crippen LogP contribution in [-0.2, 0) is 4.79 Å². The molecular formula is C18H17N3O4S. The summed E-state index contributed by atoms with van der Waals surface area (Å²) in [4.78, 5) is 31.8. The Morgan fingerprint density at radius 2 is 2.27 bits per heavy atom. The van der Waals surface area contributed by atoms with Crippen LogP contribution in [0.25, 0.3) is 0 Å². The van der Waals surface area contributed by atoms with Gasteiger partial charge >= 0.3 is 0 Å². The van der Waals surface area contributed by atoms with Gasteiger partial charge in [0.15, 0.2) is 16.7 Å². The molecule has 0 bridgehead atoms. The number of nitrogens with zero attached hydrogens (tertiary/aromatic N) is 1. The van der Waals surface area contributed by atoms with E-state index in [-0.39, 0.29) is 29.5 Å². The summed E-state index contributed by atoms with van der Waals surface area (Å²) in [6.45, 7) is 2.19. The van der Waals surface area contributed by atoms with Gasteiger partial charge in [-0.3, -0.25) is 9.59 Å². The molecule has 8 heteroatoms. The van der Waals surface area contributed by atoms with E-state index < -0.39 is 5.92 Å². The second-order valence-corrected chi connectivity index (χ2v) is 6.56. The average Bonchev–Trinajstić information content (AvgIpc) is 2.61. The molecule has 0 fully saturated rings. The summed E-state index contributed by atoms with van der Waals surface area (Å²) in [6, 6.07) is 4.81. The number of rotatable bonds is 5. The second-order valence-electron chi connectivity index (χ2n) is 5.59. The number of ether oxygens (including phenoxy) is 1. The number of anilines is 1. The van der Waals surface area contributed by atoms with E-state index in [4.69, 9.17) is 11.2 Å². The lowest BCUT2D eigenvalue weighted by Gasteiger charge is -2.25. The van der Waals surface area contributed by atoms with Gasteiger partial charge in [0.2, 0.25) is 5.91 Å². The van der Waals surface area contributed by atoms with Gasteiger partial charge in [0.1, 0.15) is 5.82 Å². The van der Waals surface area contributed by atoms with Crippen molar-refractivity contribution in [1.82, 2.24) is 9.97 Å². The molecule has 1 atom stereocenters. The summed E-state index contributed by atoms with van der Waals surface area (Å²) in [5.74, 6) is 2.64. The fourth-order valence-electron chi connectivity index (χ4n) is 2.83. The molecule has 0 saturated heterocycles. The van der Waals surface area contributed by atoms with Crippen molar-refractivity contribution in [1.29, 1.82) is 0 Å². The zero-order valence-electron chi connectivity index (χ0n) is 14.0. The first-order chi connectivity index (χ1) is 12.5. The predicted octanol–water partition coefficient (Wildman–Crippen LogP) is 2.07. The molecule has 1 amide bonds. The number of carbonyl (C=O) groups is 1. The molecule has 1 aromatic heterocycles. The Kier molecular flexibility index (Phi) is 5.19. The number of phenolic OH excluding ortho intramolecular Hbond substituents is 1. The summed E-state index contributed by atoms with van der Waals surface area (Å²) in [5.41, 5.74) is 0.743. The lowest BCUT2D eigenvalue weighted by molar-refractivity contribution is -0.116. The number of carbonyl (C=O) groups excluding carboxylic acids is 1. The van der Waals surface area contributed by atoms with E-state index in [1.165, 1.54) is 17.8 Å². The Hall–Kier alpha value is -2.92. The van der Waals surface area contributed by atoms with Crippen LogP contribution in [0.15, 0.2) is 28.2 Å². The Morgan fingerprint density at radius 1 is 1.46 bits per heavy atom. The normalized spacial score (nSPS) is 15.7. The number of hydrogen-bond acceptors (Lipinski definition) is 6. The monoisotopic (exact) mass is 371 g/mol. The van der Waals surface area contributed by atoms with Gasteiger partial charge in [-0.1, -0.05) is 23.7 Å². The SMILES string of the molecule is C#CCSc1nc2c(c(=O)[nH]1)[C@@H](c1ccc(O)c(OCC)c1)CC(=O)N2. The van der Waals surface area contributed by atoms with Crippen LogP contribution in [0, 0.1) is 12.3 Å². The van der Waals surface area contributed by atoms with Gasteiger partial charge in [0.25, 0.3) is 5.56 Å². The van der Waals surface area contributed by atoms with Crippen molar-refractivity contribution in [3.8, 4) is 23.8 Å². The smallest absolute Gasteiger partial charge is 0.257 e. The van der Waals surface area contributed by atoms with Crippen molar-refractivity contribution < 1.29 is 14.6 Å². The van der Waals surface area contributed by atoms with Crippen LogP contribution in [0.3, 0.4) is 0 Å². The number of fused-ring (bicyclic) bond motifs is 1. The molecule has 2 heterocycles. The van der Waals surface area contributed by atoms with Crippen LogP contribution in [0.4, 0.5) is 5.82 Å². The molecule has 1 aromatic carbocycles. The predicted molar refractivity (Wildman–Crippen MR) is 98.8 cm³/mol. The summed E-state index contributed by atoms with van der Waals surface area (Å²) >= 11 is 1.21. The van der Waals surface area contributed by atoms with E-state index in [0.29, 0.717) is 34.4 Å². The van der Waals surface area contributed by atoms with Gasteiger partial charge in [0.05, 0.1) is 17.9 Å². The van der Waals surface area contributed by atoms with Crippen LogP contribution < -0.4 is 15.6 Å². The van der Waals surface area contributed by atoms with Crippen molar-refractivity contribution in [2.75, 3.05) is 17.7 Å². The Labute approximate surface area is 154 Å². The van der Waals surface area contributed by atoms with Crippen molar-refractivity contribution in [2.24, 2.45) is 0 Å². The lowest BCUT2D eigenvalue weighted by atomic mass is 9.86. The number of aromatic hydroxyl groups is 1. The van der Waals surface area contributed by atoms with Crippen LogP contribution in [0.5, 0.6) is 11.5 Å². The zero-order chi connectivity index (χ0) is 18.7. The van der Waals surface area contributed by atoms with E-state index in [0.717, 1.165) is 0 Å². The third-order valence-corrected chi connectivity index (χ3v) is 4.69. The van der Waals surface area contributed by atoms with E-state index in [1.807, 2.05) is 0 Å². The van der Waals surface area contributed by atoms with Gasteiger partial charge in [-0.05, 0) is 24.6 Å². The first kappa shape index (κ1) is 17.9. The number of H-pyrrole nitrogens is 1. The topological polar surface area (TPSA) is 104 Å². The largest absolute Gasteiger partial charge is 0.504 e. The minimum Gasteiger partial charge on any atom is -0.504 e. The van der Waals surface area contributed by atoms with Crippen molar-refractivity contribution in [2.45, 2.75) is 24.4 Å². The molecule has 134 valence electrons. The molecule has 0 saturated carbocycles. The third kappa shape index (κ3) is 3.53. The number of terminal acetylenes is 1. The second kappa shape index (κ2) is 7.54. The van der Waals surface area contributed by atoms with Crippen molar-refractivity contribution in [3.63, 3.8) is 0 Å². The number of aromatic amines is 1. The number of thioether (sulfide) groups is 1. The number of benzene rings is 1. The number of nitrogens with one attached hydrogen (secondary N) is 2. The Balaban J connectivity index is 2.06. The molecule has 26 heavy (non-hydrogen) atoms. The van der Waals surface area contributed by atoms with Crippen LogP contribution >= 0.6 is 11.8 Å². The molecule has 0 unspecified atom stereocenters.